The number of nitrogens with zero attached hydrogens (tertiary/aromatic N) is 3. The zero-order valence-corrected chi connectivity index (χ0v) is 17.0. The van der Waals surface area contributed by atoms with Gasteiger partial charge in [-0.25, -0.2) is 0 Å². The smallest absolute Gasteiger partial charge is 0.362 e. The fourth-order valence-electron chi connectivity index (χ4n) is 4.07. The van der Waals surface area contributed by atoms with Crippen LogP contribution >= 0.6 is 0 Å². The second-order valence-corrected chi connectivity index (χ2v) is 7.74. The second-order valence-electron chi connectivity index (χ2n) is 7.74. The van der Waals surface area contributed by atoms with Crippen LogP contribution in [0.25, 0.3) is 11.1 Å². The number of nitrogens with one attached hydrogen (secondary N) is 1. The summed E-state index contributed by atoms with van der Waals surface area (Å²) in [5.74, 6) is -1.50. The molecule has 2 saturated heterocycles. The highest BCUT2D eigenvalue weighted by molar-refractivity contribution is 6.01. The van der Waals surface area contributed by atoms with Gasteiger partial charge in [-0.3, -0.25) is 24.4 Å². The van der Waals surface area contributed by atoms with Crippen molar-refractivity contribution in [1.82, 2.24) is 20.0 Å². The average molecular weight is 450 g/mol. The normalized spacial score (nSPS) is 20.0. The molecule has 8 nitrogen and oxygen atoms in total. The van der Waals surface area contributed by atoms with Crippen molar-refractivity contribution in [2.24, 2.45) is 0 Å². The maximum absolute atomic E-state index is 13.0. The molecule has 1 aromatic carbocycles. The predicted octanol–water partition coefficient (Wildman–Crippen LogP) is 2.53. The maximum Gasteiger partial charge on any atom is 0.416 e. The van der Waals surface area contributed by atoms with Crippen molar-refractivity contribution in [3.8, 4) is 11.1 Å². The molecule has 2 aromatic rings. The molecule has 2 aliphatic rings. The van der Waals surface area contributed by atoms with Crippen LogP contribution in [-0.2, 0) is 25.3 Å². The SMILES string of the molecule is O=C1COCC(=O)N1CC(=O)N1CCCC[C@@H]1c1[nH]ncc1-c1ccc(C(F)(F)F)cc1. The van der Waals surface area contributed by atoms with E-state index in [0.29, 0.717) is 29.8 Å². The summed E-state index contributed by atoms with van der Waals surface area (Å²) in [5, 5.41) is 6.95. The first-order valence-electron chi connectivity index (χ1n) is 10.2. The number of amides is 3. The Morgan fingerprint density at radius 1 is 1.12 bits per heavy atom. The van der Waals surface area contributed by atoms with Gasteiger partial charge in [-0.05, 0) is 37.0 Å². The third kappa shape index (κ3) is 4.38. The molecule has 1 atom stereocenters. The summed E-state index contributed by atoms with van der Waals surface area (Å²) >= 11 is 0. The van der Waals surface area contributed by atoms with Crippen LogP contribution in [0.3, 0.4) is 0 Å². The highest BCUT2D eigenvalue weighted by Crippen LogP contribution is 2.37. The Hall–Kier alpha value is -3.21. The van der Waals surface area contributed by atoms with Crippen LogP contribution in [0.2, 0.25) is 0 Å². The summed E-state index contributed by atoms with van der Waals surface area (Å²) in [5.41, 5.74) is 0.998. The summed E-state index contributed by atoms with van der Waals surface area (Å²) in [6, 6.07) is 4.35. The maximum atomic E-state index is 13.0. The van der Waals surface area contributed by atoms with E-state index in [9.17, 15) is 27.6 Å². The molecule has 2 aliphatic heterocycles. The molecule has 170 valence electrons. The molecule has 2 fully saturated rings. The molecule has 0 radical (unpaired) electrons. The minimum Gasteiger partial charge on any atom is -0.362 e. The number of likely N-dealkylation sites (tertiary alicyclic amines) is 1. The van der Waals surface area contributed by atoms with E-state index in [1.165, 1.54) is 18.3 Å². The molecule has 0 unspecified atom stereocenters. The van der Waals surface area contributed by atoms with Crippen molar-refractivity contribution < 1.29 is 32.3 Å². The van der Waals surface area contributed by atoms with Crippen LogP contribution in [0.5, 0.6) is 0 Å². The van der Waals surface area contributed by atoms with Gasteiger partial charge in [-0.15, -0.1) is 0 Å². The third-order valence-corrected chi connectivity index (χ3v) is 5.69. The van der Waals surface area contributed by atoms with E-state index in [0.717, 1.165) is 29.9 Å². The molecule has 0 saturated carbocycles. The molecule has 3 amide bonds. The Labute approximate surface area is 181 Å². The molecule has 0 spiro atoms. The fourth-order valence-corrected chi connectivity index (χ4v) is 4.07. The summed E-state index contributed by atoms with van der Waals surface area (Å²) in [6.07, 6.45) is -0.693. The van der Waals surface area contributed by atoms with Gasteiger partial charge in [0.1, 0.15) is 19.8 Å². The summed E-state index contributed by atoms with van der Waals surface area (Å²) < 4.78 is 43.6. The Morgan fingerprint density at radius 2 is 1.81 bits per heavy atom. The molecular formula is C21H21F3N4O4. The lowest BCUT2D eigenvalue weighted by Gasteiger charge is -2.37. The Bertz CT molecular complexity index is 1000. The largest absolute Gasteiger partial charge is 0.416 e. The number of aromatic nitrogens is 2. The van der Waals surface area contributed by atoms with Gasteiger partial charge in [-0.1, -0.05) is 12.1 Å². The molecule has 4 rings (SSSR count). The zero-order valence-electron chi connectivity index (χ0n) is 17.0. The lowest BCUT2D eigenvalue weighted by molar-refractivity contribution is -0.162. The highest BCUT2D eigenvalue weighted by Gasteiger charge is 2.35. The van der Waals surface area contributed by atoms with E-state index in [-0.39, 0.29) is 25.7 Å². The minimum atomic E-state index is -4.43. The zero-order chi connectivity index (χ0) is 22.9. The number of benzene rings is 1. The quantitative estimate of drug-likeness (QED) is 0.723. The van der Waals surface area contributed by atoms with Crippen LogP contribution in [0, 0.1) is 0 Å². The van der Waals surface area contributed by atoms with Gasteiger partial charge in [0.15, 0.2) is 0 Å². The fraction of sp³-hybridized carbons (Fsp3) is 0.429. The van der Waals surface area contributed by atoms with Gasteiger partial charge in [0.2, 0.25) is 5.91 Å². The molecule has 11 heteroatoms. The Balaban J connectivity index is 1.57. The molecule has 32 heavy (non-hydrogen) atoms. The Morgan fingerprint density at radius 3 is 2.47 bits per heavy atom. The van der Waals surface area contributed by atoms with Gasteiger partial charge in [0.05, 0.1) is 23.5 Å². The number of alkyl halides is 3. The molecule has 3 heterocycles. The van der Waals surface area contributed by atoms with E-state index in [2.05, 4.69) is 10.2 Å². The van der Waals surface area contributed by atoms with Gasteiger partial charge in [0, 0.05) is 12.1 Å². The number of carbonyl (C=O) groups excluding carboxylic acids is 3. The standard InChI is InChI=1S/C21H21F3N4O4/c22-21(23,24)14-6-4-13(5-7-14)15-9-25-26-20(15)16-3-1-2-8-27(16)17(29)10-28-18(30)11-32-12-19(28)31/h4-7,9,16H,1-3,8,10-12H2,(H,25,26)/t16-/m1/s1. The third-order valence-electron chi connectivity index (χ3n) is 5.69. The number of imide groups is 1. The van der Waals surface area contributed by atoms with Crippen LogP contribution in [0.4, 0.5) is 13.2 Å². The van der Waals surface area contributed by atoms with Crippen LogP contribution in [0.1, 0.15) is 36.6 Å². The molecule has 0 aliphatic carbocycles. The highest BCUT2D eigenvalue weighted by atomic mass is 19.4. The van der Waals surface area contributed by atoms with Crippen molar-refractivity contribution >= 4 is 17.7 Å². The number of ether oxygens (including phenoxy) is 1. The number of hydrogen-bond donors (Lipinski definition) is 1. The van der Waals surface area contributed by atoms with Crippen LogP contribution in [-0.4, -0.2) is 64.0 Å². The van der Waals surface area contributed by atoms with Crippen LogP contribution < -0.4 is 0 Å². The van der Waals surface area contributed by atoms with E-state index in [1.54, 1.807) is 4.90 Å². The van der Waals surface area contributed by atoms with Crippen molar-refractivity contribution in [3.05, 3.63) is 41.7 Å². The van der Waals surface area contributed by atoms with Gasteiger partial charge in [-0.2, -0.15) is 18.3 Å². The number of piperidine rings is 1. The van der Waals surface area contributed by atoms with Gasteiger partial charge < -0.3 is 9.64 Å². The number of rotatable bonds is 4. The predicted molar refractivity (Wildman–Crippen MR) is 105 cm³/mol. The number of H-pyrrole nitrogens is 1. The number of aromatic amines is 1. The lowest BCUT2D eigenvalue weighted by atomic mass is 9.94. The summed E-state index contributed by atoms with van der Waals surface area (Å²) in [4.78, 5) is 39.5. The van der Waals surface area contributed by atoms with E-state index in [1.807, 2.05) is 0 Å². The van der Waals surface area contributed by atoms with E-state index < -0.39 is 29.6 Å². The molecule has 1 N–H and O–H groups in total. The van der Waals surface area contributed by atoms with Crippen molar-refractivity contribution in [3.63, 3.8) is 0 Å². The Kier molecular flexibility index (Phi) is 6.00. The molecular weight excluding hydrogens is 429 g/mol. The average Bonchev–Trinajstić information content (AvgIpc) is 3.25. The van der Waals surface area contributed by atoms with E-state index in [4.69, 9.17) is 4.74 Å². The lowest BCUT2D eigenvalue weighted by Crippen LogP contribution is -2.52. The first kappa shape index (κ1) is 22.0. The van der Waals surface area contributed by atoms with Crippen molar-refractivity contribution in [1.29, 1.82) is 0 Å². The number of hydrogen-bond acceptors (Lipinski definition) is 5. The van der Waals surface area contributed by atoms with Crippen molar-refractivity contribution in [2.45, 2.75) is 31.5 Å². The first-order chi connectivity index (χ1) is 15.3. The molecule has 1 aromatic heterocycles. The number of carbonyl (C=O) groups is 3. The topological polar surface area (TPSA) is 95.6 Å². The summed E-state index contributed by atoms with van der Waals surface area (Å²) in [6.45, 7) is -0.439. The van der Waals surface area contributed by atoms with Crippen molar-refractivity contribution in [2.75, 3.05) is 26.3 Å². The van der Waals surface area contributed by atoms with Gasteiger partial charge in [0.25, 0.3) is 11.8 Å². The second kappa shape index (κ2) is 8.73. The molecule has 0 bridgehead atoms. The number of halogens is 3. The van der Waals surface area contributed by atoms with E-state index >= 15 is 0 Å². The summed E-state index contributed by atoms with van der Waals surface area (Å²) in [7, 11) is 0. The first-order valence-corrected chi connectivity index (χ1v) is 10.2. The monoisotopic (exact) mass is 450 g/mol. The number of morpholine rings is 1. The van der Waals surface area contributed by atoms with Gasteiger partial charge >= 0.3 is 6.18 Å². The van der Waals surface area contributed by atoms with Crippen LogP contribution in [0.15, 0.2) is 30.5 Å². The minimum absolute atomic E-state index is 0.249.